The van der Waals surface area contributed by atoms with E-state index in [1.807, 2.05) is 24.3 Å². The summed E-state index contributed by atoms with van der Waals surface area (Å²) in [5.74, 6) is 0.722. The van der Waals surface area contributed by atoms with Gasteiger partial charge in [-0.1, -0.05) is 0 Å². The van der Waals surface area contributed by atoms with Crippen LogP contribution in [0.25, 0.3) is 22.6 Å². The highest BCUT2D eigenvalue weighted by Crippen LogP contribution is 2.41. The van der Waals surface area contributed by atoms with Gasteiger partial charge in [0, 0.05) is 214 Å². The molecule has 109 heavy (non-hydrogen) atoms. The summed E-state index contributed by atoms with van der Waals surface area (Å²) in [7, 11) is 0. The van der Waals surface area contributed by atoms with Crippen LogP contribution in [0.1, 0.15) is 112 Å². The molecule has 10 saturated heterocycles. The molecule has 10 aliphatic heterocycles. The first-order chi connectivity index (χ1) is 51.5. The second-order valence-corrected chi connectivity index (χ2v) is 32.7. The molecule has 10 atom stereocenters. The van der Waals surface area contributed by atoms with E-state index in [1.165, 1.54) is 101 Å². The number of carbonyl (C=O) groups excluding carboxylic acids is 1. The number of rotatable bonds is 16. The van der Waals surface area contributed by atoms with E-state index in [4.69, 9.17) is 15.9 Å². The maximum absolute atomic E-state index is 11.4. The number of benzene rings is 4. The van der Waals surface area contributed by atoms with Gasteiger partial charge in [0.15, 0.2) is 28.7 Å². The molecule has 10 bridgehead atoms. The lowest BCUT2D eigenvalue weighted by Crippen LogP contribution is -2.48. The van der Waals surface area contributed by atoms with Gasteiger partial charge in [-0.05, 0) is 208 Å². The molecule has 0 spiro atoms. The van der Waals surface area contributed by atoms with Crippen molar-refractivity contribution in [2.45, 2.75) is 192 Å². The van der Waals surface area contributed by atoms with Crippen molar-refractivity contribution in [3.8, 4) is 11.3 Å². The van der Waals surface area contributed by atoms with Crippen LogP contribution in [0.3, 0.4) is 0 Å². The molecule has 0 aliphatic carbocycles. The van der Waals surface area contributed by atoms with Crippen LogP contribution in [0.15, 0.2) is 143 Å². The summed E-state index contributed by atoms with van der Waals surface area (Å²) >= 11 is 3.43. The van der Waals surface area contributed by atoms with E-state index in [1.54, 1.807) is 39.6 Å². The molecule has 7 N–H and O–H groups in total. The van der Waals surface area contributed by atoms with Crippen LogP contribution in [0.2, 0.25) is 0 Å². The number of hydrogen-bond donors (Lipinski definition) is 5. The molecule has 0 radical (unpaired) electrons. The molecule has 5 aromatic heterocycles. The number of nitrogens with zero attached hydrogens (tertiary/aromatic N) is 18. The number of hydrogen-bond acceptors (Lipinski definition) is 23. The highest BCUT2D eigenvalue weighted by Gasteiger charge is 2.48. The molecule has 10 aliphatic rings. The van der Waals surface area contributed by atoms with Crippen LogP contribution < -0.4 is 47.0 Å². The van der Waals surface area contributed by atoms with Gasteiger partial charge in [-0.2, -0.15) is 10.2 Å². The van der Waals surface area contributed by atoms with E-state index in [9.17, 15) is 14.9 Å². The van der Waals surface area contributed by atoms with E-state index in [-0.39, 0.29) is 50.3 Å². The van der Waals surface area contributed by atoms with Crippen molar-refractivity contribution in [3.63, 3.8) is 0 Å². The molecule has 0 saturated carbocycles. The highest BCUT2D eigenvalue weighted by atomic mass is 79.9. The molecule has 9 aromatic rings. The molecular formula is C79H106Br3N23O4. The molecule has 4 aromatic carbocycles. The Hall–Kier alpha value is -8.07. The number of anilines is 9. The number of non-ortho nitro benzene ring substituents is 1. The van der Waals surface area contributed by atoms with E-state index >= 15 is 0 Å². The van der Waals surface area contributed by atoms with Gasteiger partial charge >= 0.3 is 0 Å². The number of furan rings is 1. The van der Waals surface area contributed by atoms with Crippen molar-refractivity contribution in [1.29, 1.82) is 0 Å². The first-order valence-electron chi connectivity index (χ1n) is 38.4. The van der Waals surface area contributed by atoms with Gasteiger partial charge in [0.05, 0.1) is 23.0 Å². The number of nitrogens with one attached hydrogen (secondary N) is 3. The first-order valence-corrected chi connectivity index (χ1v) is 39.2. The summed E-state index contributed by atoms with van der Waals surface area (Å²) in [5.41, 5.74) is 21.5. The monoisotopic (exact) mass is 1680 g/mol. The zero-order valence-corrected chi connectivity index (χ0v) is 69.0. The number of fused-ring (bicyclic) bond motifs is 12. The van der Waals surface area contributed by atoms with E-state index < -0.39 is 5.91 Å². The minimum absolute atomic E-state index is 0. The third kappa shape index (κ3) is 16.6. The molecule has 15 heterocycles. The lowest BCUT2D eigenvalue weighted by molar-refractivity contribution is -0.384. The largest absolute Gasteiger partial charge is 0.458 e. The SMILES string of the molecule is Br.Br.CC(C)N1C[C@H]2C[C@@H]1CN2.CC(C)N1C[C@H]2C[C@@H]1CN2c1ccc(N)cc1.CC(C)N1C[C@H]2C[C@@H]1CN2c1ccc(Nc2ncc(-c3coc(C(N)=O)c3)n3ncnc23)cc1.CC(C)N1C[C@H]2C[C@@H]1CN2c1ccc(Nc2ncc(Br)n3ncnc23)cc1.CC(C)N1C[C@H]2C[C@@H]1CN2c1ccc([N+](=O)[O-])cc1. The lowest BCUT2D eigenvalue weighted by atomic mass is 10.2. The first kappa shape index (κ1) is 79.0. The summed E-state index contributed by atoms with van der Waals surface area (Å²) < 4.78 is 9.38. The Morgan fingerprint density at radius 3 is 1.25 bits per heavy atom. The third-order valence-corrected chi connectivity index (χ3v) is 24.3. The van der Waals surface area contributed by atoms with Crippen molar-refractivity contribution in [3.05, 3.63) is 155 Å². The van der Waals surface area contributed by atoms with Crippen molar-refractivity contribution < 1.29 is 14.1 Å². The Balaban J connectivity index is 0.000000125. The Labute approximate surface area is 668 Å². The van der Waals surface area contributed by atoms with Crippen molar-refractivity contribution in [2.24, 2.45) is 5.73 Å². The quantitative estimate of drug-likeness (QED) is 0.0341. The predicted octanol–water partition coefficient (Wildman–Crippen LogP) is 12.0. The summed E-state index contributed by atoms with van der Waals surface area (Å²) in [4.78, 5) is 62.4. The zero-order chi connectivity index (χ0) is 74.6. The fourth-order valence-corrected chi connectivity index (χ4v) is 18.9. The maximum atomic E-state index is 11.4. The Morgan fingerprint density at radius 1 is 0.514 bits per heavy atom. The average molecular weight is 1680 g/mol. The number of halogens is 3. The fourth-order valence-electron chi connectivity index (χ4n) is 18.6. The van der Waals surface area contributed by atoms with Gasteiger partial charge in [0.1, 0.15) is 23.5 Å². The molecule has 1 amide bonds. The Morgan fingerprint density at radius 2 is 0.899 bits per heavy atom. The number of nitro groups is 1. The van der Waals surface area contributed by atoms with Crippen molar-refractivity contribution in [2.75, 3.05) is 101 Å². The summed E-state index contributed by atoms with van der Waals surface area (Å²) in [6.07, 6.45) is 14.3. The number of likely N-dealkylation sites (tertiary alicyclic amines) is 5. The van der Waals surface area contributed by atoms with E-state index in [0.717, 1.165) is 84.2 Å². The maximum Gasteiger partial charge on any atom is 0.284 e. The van der Waals surface area contributed by atoms with Gasteiger partial charge in [-0.3, -0.25) is 39.4 Å². The minimum Gasteiger partial charge on any atom is -0.458 e. The fraction of sp³-hybridized carbons (Fsp3) is 0.506. The van der Waals surface area contributed by atoms with Gasteiger partial charge in [0.2, 0.25) is 0 Å². The highest BCUT2D eigenvalue weighted by molar-refractivity contribution is 9.10. The predicted molar refractivity (Wildman–Crippen MR) is 447 cm³/mol. The number of nitro benzene ring substituents is 1. The summed E-state index contributed by atoms with van der Waals surface area (Å²) in [6, 6.07) is 44.1. The van der Waals surface area contributed by atoms with Crippen molar-refractivity contribution >= 4 is 124 Å². The van der Waals surface area contributed by atoms with Gasteiger partial charge in [0.25, 0.3) is 11.6 Å². The summed E-state index contributed by atoms with van der Waals surface area (Å²) in [6.45, 7) is 34.4. The smallest absolute Gasteiger partial charge is 0.284 e. The standard InChI is InChI=1S/C24H26N8O2.C19H22BrN7.C14H19N3O2.C14H21N3.C8H16N2.2BrH/c1-14(2)30-10-19-8-18(30)11-31(19)17-5-3-16(4-6-17)29-23-24-27-13-28-32(24)20(9-26-23)15-7-21(22(25)33)34-12-15;1-12(2)25-9-16-7-15(25)10-26(16)14-5-3-13(4-6-14)24-18-19-22-11-23-27(19)17(20)8-21-18;1-10(2)15-8-14-7-13(15)9-16(14)11-3-5-12(6-4-11)17(18)19;1-10(2)16-8-14-7-13(16)9-17(14)12-5-3-11(15)4-6-12;1-6(2)10-5-7-3-8(10)4-9-7;;/h3-7,9,12-14,18-19H,8,10-11H2,1-2H3,(H2,25,33)(H,26,29);3-6,8,11-12,15-16H,7,9-10H2,1-2H3,(H,21,24);3-6,10,13-14H,7-9H2,1-2H3;3-6,10,13-14H,7-9,15H2,1-2H3;6-9H,3-5H2,1-2H3;2*1H/t18-,19-;15-,16-;2*13-,14-;7-,8-;;/m11111../s1. The minimum atomic E-state index is -0.630. The van der Waals surface area contributed by atoms with Gasteiger partial charge in [-0.25, -0.2) is 29.0 Å². The van der Waals surface area contributed by atoms with Gasteiger partial charge in [-0.15, -0.1) is 34.0 Å². The molecule has 27 nitrogen and oxygen atoms in total. The van der Waals surface area contributed by atoms with Crippen LogP contribution in [0.4, 0.5) is 57.1 Å². The number of nitrogens with two attached hydrogens (primary N) is 2. The van der Waals surface area contributed by atoms with E-state index in [2.05, 4.69) is 236 Å². The molecular weight excluding hydrogens is 1570 g/mol. The Kier molecular flexibility index (Phi) is 24.3. The zero-order valence-electron chi connectivity index (χ0n) is 64.0. The van der Waals surface area contributed by atoms with Crippen LogP contribution in [0.5, 0.6) is 0 Å². The number of aromatic nitrogens is 8. The Bertz CT molecular complexity index is 4560. The second-order valence-electron chi connectivity index (χ2n) is 31.9. The van der Waals surface area contributed by atoms with Crippen molar-refractivity contribution in [1.82, 2.24) is 69.0 Å². The van der Waals surface area contributed by atoms with Crippen LogP contribution in [0, 0.1) is 10.1 Å². The number of piperazine rings is 5. The van der Waals surface area contributed by atoms with Gasteiger partial charge < -0.3 is 51.4 Å². The third-order valence-electron chi connectivity index (χ3n) is 23.8. The molecule has 582 valence electrons. The molecule has 10 fully saturated rings. The topological polar surface area (TPSA) is 277 Å². The number of amides is 1. The number of nitrogen functional groups attached to an aromatic ring is 1. The lowest BCUT2D eigenvalue weighted by Gasteiger charge is -2.37. The summed E-state index contributed by atoms with van der Waals surface area (Å²) in [5, 5.41) is 29.4. The average Bonchev–Trinajstić information content (AvgIpc) is 1.65. The number of primary amides is 1. The van der Waals surface area contributed by atoms with Crippen LogP contribution in [-0.4, -0.2) is 231 Å². The second kappa shape index (κ2) is 33.5. The normalized spacial score (nSPS) is 24.4. The number of carbonyl (C=O) groups is 1. The van der Waals surface area contributed by atoms with E-state index in [0.29, 0.717) is 101 Å². The molecule has 0 unspecified atom stereocenters. The molecule has 30 heteroatoms. The molecule has 19 rings (SSSR count). The van der Waals surface area contributed by atoms with Crippen LogP contribution in [-0.2, 0) is 0 Å². The van der Waals surface area contributed by atoms with Crippen LogP contribution >= 0.6 is 49.9 Å².